The number of pyridine rings is 1. The van der Waals surface area contributed by atoms with E-state index in [1.165, 1.54) is 24.1 Å². The van der Waals surface area contributed by atoms with Crippen molar-refractivity contribution < 1.29 is 9.53 Å². The standard InChI is InChI=1S/C23H28N2O2/c1-16(14-17(2)26)18-8-10-20(11-9-18)27-21-12-13-25(15-21)23-5-3-4-22(24-23)19-6-7-19/h3-5,8-11,16,19,21H,6-7,12-15H2,1-2H3/t16-,21?/m1/s1. The molecule has 27 heavy (non-hydrogen) atoms. The number of aromatic nitrogens is 1. The zero-order chi connectivity index (χ0) is 18.8. The number of hydrogen-bond donors (Lipinski definition) is 0. The first-order chi connectivity index (χ1) is 13.1. The third-order valence-electron chi connectivity index (χ3n) is 5.57. The smallest absolute Gasteiger partial charge is 0.130 e. The number of carbonyl (C=O) groups excluding carboxylic acids is 1. The van der Waals surface area contributed by atoms with Crippen LogP contribution in [-0.4, -0.2) is 30.0 Å². The maximum atomic E-state index is 11.3. The number of Topliss-reactive ketones (excluding diaryl/α,β-unsaturated/α-hetero) is 1. The second-order valence-electron chi connectivity index (χ2n) is 8.05. The molecular formula is C23H28N2O2. The van der Waals surface area contributed by atoms with Crippen molar-refractivity contribution >= 4 is 11.6 Å². The van der Waals surface area contributed by atoms with Gasteiger partial charge in [0.25, 0.3) is 0 Å². The van der Waals surface area contributed by atoms with Gasteiger partial charge in [-0.2, -0.15) is 0 Å². The van der Waals surface area contributed by atoms with Crippen LogP contribution in [0, 0.1) is 0 Å². The van der Waals surface area contributed by atoms with Gasteiger partial charge in [0, 0.05) is 31.0 Å². The number of hydrogen-bond acceptors (Lipinski definition) is 4. The van der Waals surface area contributed by atoms with Crippen molar-refractivity contribution in [1.29, 1.82) is 0 Å². The highest BCUT2D eigenvalue weighted by molar-refractivity contribution is 5.76. The molecular weight excluding hydrogens is 336 g/mol. The summed E-state index contributed by atoms with van der Waals surface area (Å²) < 4.78 is 6.20. The average Bonchev–Trinajstić information content (AvgIpc) is 3.41. The van der Waals surface area contributed by atoms with E-state index in [1.54, 1.807) is 6.92 Å². The van der Waals surface area contributed by atoms with Gasteiger partial charge in [-0.15, -0.1) is 0 Å². The van der Waals surface area contributed by atoms with E-state index in [0.717, 1.165) is 31.1 Å². The molecule has 2 aliphatic rings. The Hall–Kier alpha value is -2.36. The van der Waals surface area contributed by atoms with E-state index in [0.29, 0.717) is 12.3 Å². The fourth-order valence-corrected chi connectivity index (χ4v) is 3.87. The van der Waals surface area contributed by atoms with Crippen LogP contribution in [0.4, 0.5) is 5.82 Å². The molecule has 2 heterocycles. The fourth-order valence-electron chi connectivity index (χ4n) is 3.87. The molecule has 0 radical (unpaired) electrons. The normalized spacial score (nSPS) is 20.5. The molecule has 1 aromatic carbocycles. The zero-order valence-corrected chi connectivity index (χ0v) is 16.2. The lowest BCUT2D eigenvalue weighted by atomic mass is 9.96. The second-order valence-corrected chi connectivity index (χ2v) is 8.05. The van der Waals surface area contributed by atoms with E-state index in [9.17, 15) is 4.79 Å². The van der Waals surface area contributed by atoms with Gasteiger partial charge in [-0.1, -0.05) is 25.1 Å². The average molecular weight is 364 g/mol. The number of ether oxygens (including phenoxy) is 1. The lowest BCUT2D eigenvalue weighted by Crippen LogP contribution is -2.25. The molecule has 2 fully saturated rings. The molecule has 4 nitrogen and oxygen atoms in total. The Morgan fingerprint density at radius 1 is 1.19 bits per heavy atom. The van der Waals surface area contributed by atoms with Crippen molar-refractivity contribution in [3.63, 3.8) is 0 Å². The number of ketones is 1. The maximum absolute atomic E-state index is 11.3. The van der Waals surface area contributed by atoms with Crippen LogP contribution in [0.3, 0.4) is 0 Å². The Bertz CT molecular complexity index is 798. The summed E-state index contributed by atoms with van der Waals surface area (Å²) in [5.41, 5.74) is 2.43. The Morgan fingerprint density at radius 3 is 2.67 bits per heavy atom. The highest BCUT2D eigenvalue weighted by atomic mass is 16.5. The van der Waals surface area contributed by atoms with Gasteiger partial charge < -0.3 is 14.4 Å². The van der Waals surface area contributed by atoms with Gasteiger partial charge in [0.05, 0.1) is 6.54 Å². The van der Waals surface area contributed by atoms with E-state index < -0.39 is 0 Å². The Labute approximate surface area is 161 Å². The van der Waals surface area contributed by atoms with Crippen LogP contribution in [0.25, 0.3) is 0 Å². The first-order valence-corrected chi connectivity index (χ1v) is 10.1. The molecule has 142 valence electrons. The topological polar surface area (TPSA) is 42.4 Å². The third-order valence-corrected chi connectivity index (χ3v) is 5.57. The highest BCUT2D eigenvalue weighted by Crippen LogP contribution is 2.39. The number of anilines is 1. The van der Waals surface area contributed by atoms with E-state index in [1.807, 2.05) is 12.1 Å². The minimum atomic E-state index is 0.192. The van der Waals surface area contributed by atoms with Crippen molar-refractivity contribution in [3.8, 4) is 5.75 Å². The van der Waals surface area contributed by atoms with Crippen LogP contribution in [0.2, 0.25) is 0 Å². The maximum Gasteiger partial charge on any atom is 0.130 e. The molecule has 2 atom stereocenters. The molecule has 4 rings (SSSR count). The molecule has 1 saturated carbocycles. The first kappa shape index (κ1) is 18.0. The minimum absolute atomic E-state index is 0.192. The number of nitrogens with zero attached hydrogens (tertiary/aromatic N) is 2. The molecule has 1 aliphatic carbocycles. The van der Waals surface area contributed by atoms with Crippen LogP contribution >= 0.6 is 0 Å². The fraction of sp³-hybridized carbons (Fsp3) is 0.478. The van der Waals surface area contributed by atoms with Crippen LogP contribution in [0.5, 0.6) is 5.75 Å². The largest absolute Gasteiger partial charge is 0.489 e. The summed E-state index contributed by atoms with van der Waals surface area (Å²) in [7, 11) is 0. The molecule has 0 spiro atoms. The molecule has 0 amide bonds. The summed E-state index contributed by atoms with van der Waals surface area (Å²) in [5.74, 6) is 3.15. The summed E-state index contributed by atoms with van der Waals surface area (Å²) in [6, 6.07) is 14.6. The highest BCUT2D eigenvalue weighted by Gasteiger charge is 2.28. The number of benzene rings is 1. The molecule has 1 unspecified atom stereocenters. The molecule has 1 saturated heterocycles. The molecule has 1 aromatic heterocycles. The van der Waals surface area contributed by atoms with Crippen LogP contribution in [0.1, 0.15) is 62.6 Å². The van der Waals surface area contributed by atoms with Gasteiger partial charge in [-0.05, 0) is 55.5 Å². The van der Waals surface area contributed by atoms with Gasteiger partial charge >= 0.3 is 0 Å². The molecule has 1 aliphatic heterocycles. The molecule has 4 heteroatoms. The lowest BCUT2D eigenvalue weighted by Gasteiger charge is -2.19. The van der Waals surface area contributed by atoms with Crippen molar-refractivity contribution in [2.45, 2.75) is 57.5 Å². The Balaban J connectivity index is 1.34. The molecule has 2 aromatic rings. The Kier molecular flexibility index (Phi) is 5.15. The van der Waals surface area contributed by atoms with Gasteiger partial charge in [-0.3, -0.25) is 0 Å². The van der Waals surface area contributed by atoms with E-state index >= 15 is 0 Å². The first-order valence-electron chi connectivity index (χ1n) is 10.1. The van der Waals surface area contributed by atoms with Crippen molar-refractivity contribution in [1.82, 2.24) is 4.98 Å². The van der Waals surface area contributed by atoms with Crippen molar-refractivity contribution in [3.05, 3.63) is 53.7 Å². The number of rotatable bonds is 7. The van der Waals surface area contributed by atoms with Crippen LogP contribution in [0.15, 0.2) is 42.5 Å². The molecule has 0 N–H and O–H groups in total. The summed E-state index contributed by atoms with van der Waals surface area (Å²) in [4.78, 5) is 18.5. The molecule has 0 bridgehead atoms. The minimum Gasteiger partial charge on any atom is -0.489 e. The second kappa shape index (κ2) is 7.71. The monoisotopic (exact) mass is 364 g/mol. The van der Waals surface area contributed by atoms with Gasteiger partial charge in [0.1, 0.15) is 23.5 Å². The predicted molar refractivity (Wildman–Crippen MR) is 108 cm³/mol. The quantitative estimate of drug-likeness (QED) is 0.714. The summed E-state index contributed by atoms with van der Waals surface area (Å²) >= 11 is 0. The lowest BCUT2D eigenvalue weighted by molar-refractivity contribution is -0.117. The number of carbonyl (C=O) groups is 1. The van der Waals surface area contributed by atoms with Gasteiger partial charge in [0.2, 0.25) is 0 Å². The zero-order valence-electron chi connectivity index (χ0n) is 16.2. The summed E-state index contributed by atoms with van der Waals surface area (Å²) in [5, 5.41) is 0. The van der Waals surface area contributed by atoms with E-state index in [-0.39, 0.29) is 17.8 Å². The van der Waals surface area contributed by atoms with Crippen LogP contribution in [-0.2, 0) is 4.79 Å². The van der Waals surface area contributed by atoms with Crippen LogP contribution < -0.4 is 9.64 Å². The van der Waals surface area contributed by atoms with Crippen molar-refractivity contribution in [2.24, 2.45) is 0 Å². The van der Waals surface area contributed by atoms with Gasteiger partial charge in [-0.25, -0.2) is 4.98 Å². The Morgan fingerprint density at radius 2 is 1.96 bits per heavy atom. The SMILES string of the molecule is CC(=O)C[C@@H](C)c1ccc(OC2CCN(c3cccc(C4CC4)n3)C2)cc1. The van der Waals surface area contributed by atoms with E-state index in [4.69, 9.17) is 9.72 Å². The summed E-state index contributed by atoms with van der Waals surface area (Å²) in [6.45, 7) is 5.60. The van der Waals surface area contributed by atoms with E-state index in [2.05, 4.69) is 42.2 Å². The third kappa shape index (κ3) is 4.49. The van der Waals surface area contributed by atoms with Gasteiger partial charge in [0.15, 0.2) is 0 Å². The van der Waals surface area contributed by atoms with Crippen molar-refractivity contribution in [2.75, 3.05) is 18.0 Å². The predicted octanol–water partition coefficient (Wildman–Crippen LogP) is 4.70. The summed E-state index contributed by atoms with van der Waals surface area (Å²) in [6.07, 6.45) is 4.35.